The molecule has 1 aromatic heterocycles. The number of benzene rings is 1. The SMILES string of the molecule is CSCCCCCCNc1nc2c([N+](=O)[O-])cccc2o1. The average molecular weight is 309 g/mol. The minimum Gasteiger partial charge on any atom is -0.423 e. The molecule has 2 rings (SSSR count). The maximum absolute atomic E-state index is 10.9. The lowest BCUT2D eigenvalue weighted by Gasteiger charge is -2.01. The lowest BCUT2D eigenvalue weighted by molar-refractivity contribution is -0.383. The van der Waals surface area contributed by atoms with E-state index < -0.39 is 4.92 Å². The molecule has 0 amide bonds. The number of hydrogen-bond donors (Lipinski definition) is 1. The summed E-state index contributed by atoms with van der Waals surface area (Å²) in [7, 11) is 0. The molecule has 1 N–H and O–H groups in total. The predicted molar refractivity (Wildman–Crippen MR) is 86.0 cm³/mol. The summed E-state index contributed by atoms with van der Waals surface area (Å²) in [6.07, 6.45) is 6.79. The number of hydrogen-bond acceptors (Lipinski definition) is 6. The molecule has 0 saturated heterocycles. The van der Waals surface area contributed by atoms with Crippen molar-refractivity contribution >= 4 is 34.6 Å². The van der Waals surface area contributed by atoms with Gasteiger partial charge in [-0.25, -0.2) is 0 Å². The van der Waals surface area contributed by atoms with Crippen LogP contribution in [0.15, 0.2) is 22.6 Å². The Morgan fingerprint density at radius 2 is 2.14 bits per heavy atom. The fourth-order valence-corrected chi connectivity index (χ4v) is 2.57. The van der Waals surface area contributed by atoms with Crippen LogP contribution < -0.4 is 5.32 Å². The normalized spacial score (nSPS) is 10.9. The summed E-state index contributed by atoms with van der Waals surface area (Å²) in [5.41, 5.74) is 0.706. The van der Waals surface area contributed by atoms with Crippen molar-refractivity contribution in [2.24, 2.45) is 0 Å². The predicted octanol–water partition coefficient (Wildman–Crippen LogP) is 4.07. The van der Waals surface area contributed by atoms with Crippen LogP contribution in [0, 0.1) is 10.1 Å². The first-order valence-electron chi connectivity index (χ1n) is 6.99. The Morgan fingerprint density at radius 1 is 1.33 bits per heavy atom. The number of aromatic nitrogens is 1. The van der Waals surface area contributed by atoms with E-state index in [1.807, 2.05) is 11.8 Å². The lowest BCUT2D eigenvalue weighted by Crippen LogP contribution is -2.01. The molecule has 114 valence electrons. The number of nitrogens with zero attached hydrogens (tertiary/aromatic N) is 2. The van der Waals surface area contributed by atoms with E-state index in [2.05, 4.69) is 16.6 Å². The van der Waals surface area contributed by atoms with E-state index in [-0.39, 0.29) is 5.69 Å². The highest BCUT2D eigenvalue weighted by Gasteiger charge is 2.16. The van der Waals surface area contributed by atoms with Gasteiger partial charge in [-0.2, -0.15) is 16.7 Å². The molecule has 0 bridgehead atoms. The highest BCUT2D eigenvalue weighted by Crippen LogP contribution is 2.27. The van der Waals surface area contributed by atoms with Crippen molar-refractivity contribution in [2.75, 3.05) is 23.9 Å². The zero-order chi connectivity index (χ0) is 15.1. The number of para-hydroxylation sites is 1. The molecular weight excluding hydrogens is 290 g/mol. The second-order valence-corrected chi connectivity index (χ2v) is 5.72. The molecule has 0 aliphatic carbocycles. The number of fused-ring (bicyclic) bond motifs is 1. The van der Waals surface area contributed by atoms with Crippen LogP contribution in [0.3, 0.4) is 0 Å². The smallest absolute Gasteiger partial charge is 0.298 e. The topological polar surface area (TPSA) is 81.2 Å². The van der Waals surface area contributed by atoms with Crippen LogP contribution in [0.2, 0.25) is 0 Å². The summed E-state index contributed by atoms with van der Waals surface area (Å²) in [5, 5.41) is 14.0. The fraction of sp³-hybridized carbons (Fsp3) is 0.500. The Kier molecular flexibility index (Phi) is 5.86. The van der Waals surface area contributed by atoms with Gasteiger partial charge in [0.25, 0.3) is 11.7 Å². The monoisotopic (exact) mass is 309 g/mol. The quantitative estimate of drug-likeness (QED) is 0.427. The Hall–Kier alpha value is -1.76. The number of rotatable bonds is 9. The molecule has 0 radical (unpaired) electrons. The first-order valence-corrected chi connectivity index (χ1v) is 8.38. The third-order valence-corrected chi connectivity index (χ3v) is 3.84. The minimum absolute atomic E-state index is 0.0265. The van der Waals surface area contributed by atoms with Gasteiger partial charge in [0.1, 0.15) is 0 Å². The Bertz CT molecular complexity index is 600. The summed E-state index contributed by atoms with van der Waals surface area (Å²) in [5.74, 6) is 1.21. The van der Waals surface area contributed by atoms with E-state index in [0.717, 1.165) is 19.4 Å². The number of nitro groups is 1. The van der Waals surface area contributed by atoms with Crippen molar-refractivity contribution in [2.45, 2.75) is 25.7 Å². The van der Waals surface area contributed by atoms with Crippen LogP contribution in [0.5, 0.6) is 0 Å². The first-order chi connectivity index (χ1) is 10.2. The molecule has 1 heterocycles. The van der Waals surface area contributed by atoms with Crippen molar-refractivity contribution in [3.63, 3.8) is 0 Å². The number of anilines is 1. The molecule has 2 aromatic rings. The third-order valence-electron chi connectivity index (χ3n) is 3.15. The lowest BCUT2D eigenvalue weighted by atomic mass is 10.2. The molecular formula is C14H19N3O3S. The number of thioether (sulfide) groups is 1. The zero-order valence-electron chi connectivity index (χ0n) is 12.0. The maximum Gasteiger partial charge on any atom is 0.298 e. The Balaban J connectivity index is 1.86. The number of nitro benzene ring substituents is 1. The fourth-order valence-electron chi connectivity index (χ4n) is 2.08. The summed E-state index contributed by atoms with van der Waals surface area (Å²) < 4.78 is 5.47. The van der Waals surface area contributed by atoms with E-state index in [9.17, 15) is 10.1 Å². The van der Waals surface area contributed by atoms with Gasteiger partial charge in [0.2, 0.25) is 0 Å². The van der Waals surface area contributed by atoms with Gasteiger partial charge in [-0.05, 0) is 30.9 Å². The van der Waals surface area contributed by atoms with Gasteiger partial charge in [-0.1, -0.05) is 18.9 Å². The van der Waals surface area contributed by atoms with Gasteiger partial charge in [0.15, 0.2) is 11.1 Å². The van der Waals surface area contributed by atoms with Crippen molar-refractivity contribution in [3.05, 3.63) is 28.3 Å². The second-order valence-electron chi connectivity index (χ2n) is 4.73. The number of unbranched alkanes of at least 4 members (excludes halogenated alkanes) is 3. The first kappa shape index (κ1) is 15.6. The highest BCUT2D eigenvalue weighted by molar-refractivity contribution is 7.98. The van der Waals surface area contributed by atoms with E-state index in [1.165, 1.54) is 24.7 Å². The molecule has 1 aromatic carbocycles. The molecule has 0 unspecified atom stereocenters. The molecule has 21 heavy (non-hydrogen) atoms. The van der Waals surface area contributed by atoms with Crippen molar-refractivity contribution in [3.8, 4) is 0 Å². The summed E-state index contributed by atoms with van der Waals surface area (Å²) in [6.45, 7) is 0.764. The standard InChI is InChI=1S/C14H19N3O3S/c1-21-10-5-3-2-4-9-15-14-16-13-11(17(18)19)7-6-8-12(13)20-14/h6-8H,2-5,9-10H2,1H3,(H,15,16). The van der Waals surface area contributed by atoms with E-state index >= 15 is 0 Å². The number of non-ortho nitro benzene ring substituents is 1. The molecule has 0 fully saturated rings. The van der Waals surface area contributed by atoms with Gasteiger partial charge in [-0.3, -0.25) is 10.1 Å². The van der Waals surface area contributed by atoms with E-state index in [1.54, 1.807) is 12.1 Å². The van der Waals surface area contributed by atoms with E-state index in [0.29, 0.717) is 17.1 Å². The number of oxazole rings is 1. The van der Waals surface area contributed by atoms with Crippen LogP contribution in [-0.4, -0.2) is 28.5 Å². The van der Waals surface area contributed by atoms with Crippen LogP contribution in [0.1, 0.15) is 25.7 Å². The summed E-state index contributed by atoms with van der Waals surface area (Å²) in [6, 6.07) is 5.06. The molecule has 7 heteroatoms. The van der Waals surface area contributed by atoms with Crippen molar-refractivity contribution in [1.82, 2.24) is 4.98 Å². The Morgan fingerprint density at radius 3 is 2.90 bits per heavy atom. The molecule has 6 nitrogen and oxygen atoms in total. The van der Waals surface area contributed by atoms with Gasteiger partial charge < -0.3 is 9.73 Å². The van der Waals surface area contributed by atoms with E-state index in [4.69, 9.17) is 4.42 Å². The highest BCUT2D eigenvalue weighted by atomic mass is 32.2. The molecule has 0 atom stereocenters. The van der Waals surface area contributed by atoms with Gasteiger partial charge >= 0.3 is 0 Å². The van der Waals surface area contributed by atoms with Crippen LogP contribution in [-0.2, 0) is 0 Å². The van der Waals surface area contributed by atoms with Gasteiger partial charge in [-0.15, -0.1) is 0 Å². The third kappa shape index (κ3) is 4.35. The largest absolute Gasteiger partial charge is 0.423 e. The molecule has 0 aliphatic rings. The molecule has 0 aliphatic heterocycles. The van der Waals surface area contributed by atoms with Crippen molar-refractivity contribution in [1.29, 1.82) is 0 Å². The molecule has 0 saturated carbocycles. The van der Waals surface area contributed by atoms with Gasteiger partial charge in [0.05, 0.1) is 4.92 Å². The minimum atomic E-state index is -0.444. The average Bonchev–Trinajstić information content (AvgIpc) is 2.88. The zero-order valence-corrected chi connectivity index (χ0v) is 12.8. The van der Waals surface area contributed by atoms with Crippen LogP contribution in [0.25, 0.3) is 11.1 Å². The number of nitrogens with one attached hydrogen (secondary N) is 1. The maximum atomic E-state index is 10.9. The van der Waals surface area contributed by atoms with Crippen molar-refractivity contribution < 1.29 is 9.34 Å². The second kappa shape index (κ2) is 7.87. The van der Waals surface area contributed by atoms with Crippen LogP contribution >= 0.6 is 11.8 Å². The Labute approximate surface area is 127 Å². The van der Waals surface area contributed by atoms with Gasteiger partial charge in [0, 0.05) is 12.6 Å². The molecule has 0 spiro atoms. The summed E-state index contributed by atoms with van der Waals surface area (Å²) >= 11 is 1.87. The summed E-state index contributed by atoms with van der Waals surface area (Å²) in [4.78, 5) is 14.6. The van der Waals surface area contributed by atoms with Crippen LogP contribution in [0.4, 0.5) is 11.7 Å².